The van der Waals surface area contributed by atoms with Gasteiger partial charge in [-0.15, -0.1) is 0 Å². The predicted octanol–water partition coefficient (Wildman–Crippen LogP) is 0.297. The summed E-state index contributed by atoms with van der Waals surface area (Å²) >= 11 is 0. The van der Waals surface area contributed by atoms with Crippen LogP contribution in [0.2, 0.25) is 0 Å². The van der Waals surface area contributed by atoms with Crippen molar-refractivity contribution in [1.29, 1.82) is 0 Å². The summed E-state index contributed by atoms with van der Waals surface area (Å²) in [6.45, 7) is 2.74. The molecule has 2 heterocycles. The zero-order valence-corrected chi connectivity index (χ0v) is 7.45. The molecule has 0 saturated carbocycles. The van der Waals surface area contributed by atoms with Gasteiger partial charge in [0, 0.05) is 24.9 Å². The maximum atomic E-state index is 5.66. The van der Waals surface area contributed by atoms with Gasteiger partial charge in [0.1, 0.15) is 6.26 Å². The van der Waals surface area contributed by atoms with Crippen molar-refractivity contribution < 1.29 is 9.57 Å². The van der Waals surface area contributed by atoms with Gasteiger partial charge in [-0.2, -0.15) is 0 Å². The Morgan fingerprint density at radius 2 is 2.46 bits per heavy atom. The monoisotopic (exact) mass is 182 g/mol. The highest BCUT2D eigenvalue weighted by molar-refractivity contribution is 5.23. The normalized spacial score (nSPS) is 28.3. The van der Waals surface area contributed by atoms with Crippen molar-refractivity contribution in [2.75, 3.05) is 19.7 Å². The molecule has 0 spiro atoms. The maximum absolute atomic E-state index is 5.66. The van der Waals surface area contributed by atoms with E-state index < -0.39 is 0 Å². The van der Waals surface area contributed by atoms with Crippen LogP contribution >= 0.6 is 0 Å². The molecule has 0 aromatic heterocycles. The van der Waals surface area contributed by atoms with Crippen molar-refractivity contribution in [1.82, 2.24) is 10.8 Å². The average molecular weight is 182 g/mol. The fourth-order valence-corrected chi connectivity index (χ4v) is 1.43. The lowest BCUT2D eigenvalue weighted by Gasteiger charge is -2.18. The van der Waals surface area contributed by atoms with Crippen molar-refractivity contribution in [3.05, 3.63) is 24.1 Å². The number of nitrogens with one attached hydrogen (secondary N) is 2. The van der Waals surface area contributed by atoms with E-state index in [1.54, 1.807) is 6.26 Å². The van der Waals surface area contributed by atoms with E-state index in [9.17, 15) is 0 Å². The fraction of sp³-hybridized carbons (Fsp3) is 0.556. The molecule has 0 aliphatic carbocycles. The lowest BCUT2D eigenvalue weighted by Crippen LogP contribution is -2.28. The van der Waals surface area contributed by atoms with Crippen LogP contribution in [0, 0.1) is 0 Å². The Bertz CT molecular complexity index is 218. The summed E-state index contributed by atoms with van der Waals surface area (Å²) in [6.07, 6.45) is 6.61. The molecule has 2 aliphatic rings. The molecule has 13 heavy (non-hydrogen) atoms. The van der Waals surface area contributed by atoms with Crippen molar-refractivity contribution in [2.45, 2.75) is 12.5 Å². The second-order valence-corrected chi connectivity index (χ2v) is 3.10. The predicted molar refractivity (Wildman–Crippen MR) is 48.7 cm³/mol. The number of hydrogen-bond donors (Lipinski definition) is 2. The highest BCUT2D eigenvalue weighted by Gasteiger charge is 2.16. The topological polar surface area (TPSA) is 42.5 Å². The summed E-state index contributed by atoms with van der Waals surface area (Å²) in [5.74, 6) is 0. The van der Waals surface area contributed by atoms with Crippen molar-refractivity contribution in [3.63, 3.8) is 0 Å². The number of rotatable bonds is 1. The van der Waals surface area contributed by atoms with Crippen LogP contribution in [0.3, 0.4) is 0 Å². The van der Waals surface area contributed by atoms with Crippen molar-refractivity contribution >= 4 is 0 Å². The molecular formula is C9H14N2O2. The molecular weight excluding hydrogens is 168 g/mol. The first-order valence-electron chi connectivity index (χ1n) is 4.57. The molecule has 4 heteroatoms. The molecule has 2 aliphatic heterocycles. The van der Waals surface area contributed by atoms with E-state index in [2.05, 4.69) is 10.8 Å². The third-order valence-electron chi connectivity index (χ3n) is 2.14. The second-order valence-electron chi connectivity index (χ2n) is 3.10. The number of hydroxylamine groups is 1. The van der Waals surface area contributed by atoms with Crippen LogP contribution in [0.4, 0.5) is 0 Å². The van der Waals surface area contributed by atoms with Gasteiger partial charge in [0.05, 0.1) is 6.10 Å². The summed E-state index contributed by atoms with van der Waals surface area (Å²) in [6, 6.07) is 0. The first kappa shape index (κ1) is 8.59. The highest BCUT2D eigenvalue weighted by Crippen LogP contribution is 2.11. The molecule has 1 saturated heterocycles. The summed E-state index contributed by atoms with van der Waals surface area (Å²) in [4.78, 5) is 4.84. The molecule has 2 N–H and O–H groups in total. The van der Waals surface area contributed by atoms with Gasteiger partial charge in [-0.3, -0.25) is 0 Å². The van der Waals surface area contributed by atoms with E-state index in [1.807, 2.05) is 12.3 Å². The molecule has 72 valence electrons. The number of ether oxygens (including phenoxy) is 1. The minimum atomic E-state index is 0.148. The van der Waals surface area contributed by atoms with Crippen molar-refractivity contribution in [2.24, 2.45) is 0 Å². The minimum absolute atomic E-state index is 0.148. The van der Waals surface area contributed by atoms with Gasteiger partial charge < -0.3 is 14.9 Å². The van der Waals surface area contributed by atoms with E-state index >= 15 is 0 Å². The lowest BCUT2D eigenvalue weighted by molar-refractivity contribution is 0.0886. The van der Waals surface area contributed by atoms with Gasteiger partial charge in [0.15, 0.2) is 0 Å². The Balaban J connectivity index is 1.97. The summed E-state index contributed by atoms with van der Waals surface area (Å²) in [5.41, 5.74) is 3.82. The van der Waals surface area contributed by atoms with Crippen LogP contribution in [-0.4, -0.2) is 25.8 Å². The lowest BCUT2D eigenvalue weighted by atomic mass is 10.1. The largest absolute Gasteiger partial charge is 0.391 e. The van der Waals surface area contributed by atoms with Crippen LogP contribution in [0.15, 0.2) is 24.1 Å². The maximum Gasteiger partial charge on any atom is 0.119 e. The van der Waals surface area contributed by atoms with E-state index in [-0.39, 0.29) is 6.10 Å². The highest BCUT2D eigenvalue weighted by atomic mass is 16.6. The van der Waals surface area contributed by atoms with Gasteiger partial charge in [0.25, 0.3) is 0 Å². The SMILES string of the molecule is C1=CC(C2CNCCCO2)=CNO1. The zero-order valence-electron chi connectivity index (χ0n) is 7.45. The molecule has 4 nitrogen and oxygen atoms in total. The fourth-order valence-electron chi connectivity index (χ4n) is 1.43. The first-order chi connectivity index (χ1) is 6.47. The Morgan fingerprint density at radius 1 is 1.46 bits per heavy atom. The molecule has 0 amide bonds. The van der Waals surface area contributed by atoms with Crippen molar-refractivity contribution in [3.8, 4) is 0 Å². The molecule has 1 fully saturated rings. The molecule has 0 radical (unpaired) electrons. The second kappa shape index (κ2) is 4.30. The van der Waals surface area contributed by atoms with E-state index in [0.717, 1.165) is 31.7 Å². The van der Waals surface area contributed by atoms with Crippen LogP contribution in [0.1, 0.15) is 6.42 Å². The van der Waals surface area contributed by atoms with Gasteiger partial charge in [-0.1, -0.05) is 0 Å². The Kier molecular flexibility index (Phi) is 2.84. The Hall–Kier alpha value is -1.00. The zero-order chi connectivity index (χ0) is 8.93. The molecule has 2 rings (SSSR count). The molecule has 1 unspecified atom stereocenters. The Labute approximate surface area is 77.5 Å². The molecule has 1 atom stereocenters. The quantitative estimate of drug-likeness (QED) is 0.612. The standard InChI is InChI=1S/C9H14N2O2/c1-3-10-7-9(12-4-1)8-2-5-13-11-6-8/h2,5-6,9-11H,1,3-4,7H2. The van der Waals surface area contributed by atoms with E-state index in [0.29, 0.717) is 0 Å². The average Bonchev–Trinajstić information content (AvgIpc) is 2.47. The van der Waals surface area contributed by atoms with Crippen LogP contribution in [0.25, 0.3) is 0 Å². The Morgan fingerprint density at radius 3 is 3.31 bits per heavy atom. The van der Waals surface area contributed by atoms with Crippen LogP contribution in [0.5, 0.6) is 0 Å². The van der Waals surface area contributed by atoms with E-state index in [4.69, 9.17) is 9.57 Å². The van der Waals surface area contributed by atoms with Crippen LogP contribution in [-0.2, 0) is 9.57 Å². The summed E-state index contributed by atoms with van der Waals surface area (Å²) in [7, 11) is 0. The van der Waals surface area contributed by atoms with Gasteiger partial charge in [-0.25, -0.2) is 5.48 Å². The van der Waals surface area contributed by atoms with Gasteiger partial charge in [0.2, 0.25) is 0 Å². The van der Waals surface area contributed by atoms with Gasteiger partial charge in [-0.05, 0) is 19.0 Å². The van der Waals surface area contributed by atoms with Gasteiger partial charge >= 0.3 is 0 Å². The van der Waals surface area contributed by atoms with Crippen LogP contribution < -0.4 is 10.8 Å². The first-order valence-corrected chi connectivity index (χ1v) is 4.57. The third-order valence-corrected chi connectivity index (χ3v) is 2.14. The third kappa shape index (κ3) is 2.23. The molecule has 0 aromatic rings. The molecule has 0 bridgehead atoms. The summed E-state index contributed by atoms with van der Waals surface area (Å²) in [5, 5.41) is 3.33. The number of hydrogen-bond acceptors (Lipinski definition) is 4. The minimum Gasteiger partial charge on any atom is -0.391 e. The summed E-state index contributed by atoms with van der Waals surface area (Å²) < 4.78 is 5.66. The smallest absolute Gasteiger partial charge is 0.119 e. The van der Waals surface area contributed by atoms with E-state index in [1.165, 1.54) is 0 Å². The molecule has 0 aromatic carbocycles.